The average molecular weight is 280 g/mol. The molecule has 0 aromatic heterocycles. The third kappa shape index (κ3) is 7.60. The topological polar surface area (TPSA) is 46.2 Å². The maximum Gasteiger partial charge on any atom is 0.528 e. The van der Waals surface area contributed by atoms with Crippen LogP contribution in [0.4, 0.5) is 0 Å². The fourth-order valence-electron chi connectivity index (χ4n) is 0.999. The van der Waals surface area contributed by atoms with Gasteiger partial charge in [-0.3, -0.25) is 0 Å². The molecule has 102 valence electrons. The summed E-state index contributed by atoms with van der Waals surface area (Å²) >= 11 is 0. The van der Waals surface area contributed by atoms with Crippen molar-refractivity contribution in [2.45, 2.75) is 6.92 Å². The van der Waals surface area contributed by atoms with Gasteiger partial charge in [-0.05, 0) is 17.8 Å². The predicted molar refractivity (Wildman–Crippen MR) is 73.0 cm³/mol. The summed E-state index contributed by atoms with van der Waals surface area (Å²) in [5.41, 5.74) is 1.58. The van der Waals surface area contributed by atoms with Gasteiger partial charge in [0, 0.05) is 35.5 Å². The van der Waals surface area contributed by atoms with Crippen LogP contribution in [0.2, 0.25) is 0 Å². The van der Waals surface area contributed by atoms with E-state index in [1.807, 2.05) is 6.92 Å². The second kappa shape index (κ2) is 10.8. The van der Waals surface area contributed by atoms with Crippen LogP contribution < -0.4 is 0 Å². The van der Waals surface area contributed by atoms with Crippen molar-refractivity contribution in [3.05, 3.63) is 24.1 Å². The van der Waals surface area contributed by atoms with Gasteiger partial charge in [-0.1, -0.05) is 13.2 Å². The zero-order valence-electron chi connectivity index (χ0n) is 11.6. The zero-order valence-corrected chi connectivity index (χ0v) is 13.8. The maximum atomic E-state index is 4.98. The summed E-state index contributed by atoms with van der Waals surface area (Å²) < 4.78 is 24.8. The van der Waals surface area contributed by atoms with Crippen LogP contribution in [0, 0.1) is 0 Å². The molecular formula is C10H24O5Si2. The van der Waals surface area contributed by atoms with E-state index in [-0.39, 0.29) is 0 Å². The van der Waals surface area contributed by atoms with Gasteiger partial charge in [0.1, 0.15) is 0 Å². The normalized spacial score (nSPS) is 10.8. The van der Waals surface area contributed by atoms with Crippen molar-refractivity contribution < 1.29 is 22.1 Å². The monoisotopic (exact) mass is 280 g/mol. The highest BCUT2D eigenvalue weighted by Crippen LogP contribution is 2.04. The van der Waals surface area contributed by atoms with Crippen molar-refractivity contribution >= 4 is 18.1 Å². The first-order valence-corrected chi connectivity index (χ1v) is 8.29. The Morgan fingerprint density at radius 3 is 1.35 bits per heavy atom. The second-order valence-electron chi connectivity index (χ2n) is 3.07. The fraction of sp³-hybridized carbons (Fsp3) is 0.600. The average Bonchev–Trinajstić information content (AvgIpc) is 2.35. The molecule has 0 aliphatic heterocycles. The molecule has 0 aliphatic carbocycles. The molecule has 0 N–H and O–H groups in total. The molecule has 0 aromatic rings. The predicted octanol–water partition coefficient (Wildman–Crippen LogP) is 1.20. The lowest BCUT2D eigenvalue weighted by atomic mass is 10.8. The lowest BCUT2D eigenvalue weighted by Gasteiger charge is -2.19. The zero-order chi connectivity index (χ0) is 13.9. The summed E-state index contributed by atoms with van der Waals surface area (Å²) in [6.45, 7) is 9.16. The van der Waals surface area contributed by atoms with E-state index >= 15 is 0 Å². The van der Waals surface area contributed by atoms with E-state index in [9.17, 15) is 0 Å². The Balaban J connectivity index is 0. The third-order valence-corrected chi connectivity index (χ3v) is 5.80. The van der Waals surface area contributed by atoms with Gasteiger partial charge in [-0.2, -0.15) is 0 Å². The number of hydrogen-bond acceptors (Lipinski definition) is 5. The standard InChI is InChI=1S/C5H12O3Si.C5H12O2Si/c1-5-9(6-2,7-3)8-4;1-5(2)8(6-3)7-4/h5H,1H2,2-4H3;8H,1H2,2-4H3. The molecule has 0 radical (unpaired) electrons. The number of hydrogen-bond donors (Lipinski definition) is 0. The van der Waals surface area contributed by atoms with Crippen LogP contribution in [0.15, 0.2) is 24.1 Å². The van der Waals surface area contributed by atoms with Crippen molar-refractivity contribution in [1.29, 1.82) is 0 Å². The Kier molecular flexibility index (Phi) is 12.2. The van der Waals surface area contributed by atoms with E-state index in [0.717, 1.165) is 5.20 Å². The summed E-state index contributed by atoms with van der Waals surface area (Å²) in [6.07, 6.45) is 0. The molecule has 7 heteroatoms. The molecule has 0 spiro atoms. The van der Waals surface area contributed by atoms with E-state index in [4.69, 9.17) is 22.1 Å². The SMILES string of the molecule is C=C(C)[SiH](OC)OC.C=C[Si](OC)(OC)OC. The molecule has 0 unspecified atom stereocenters. The summed E-state index contributed by atoms with van der Waals surface area (Å²) in [4.78, 5) is 0. The van der Waals surface area contributed by atoms with Gasteiger partial charge in [0.2, 0.25) is 0 Å². The summed E-state index contributed by atoms with van der Waals surface area (Å²) in [5, 5.41) is 1.02. The summed E-state index contributed by atoms with van der Waals surface area (Å²) in [5.74, 6) is 0. The minimum absolute atomic E-state index is 1.02. The summed E-state index contributed by atoms with van der Waals surface area (Å²) in [7, 11) is 4.04. The van der Waals surface area contributed by atoms with Gasteiger partial charge < -0.3 is 22.1 Å². The van der Waals surface area contributed by atoms with Crippen molar-refractivity contribution in [1.82, 2.24) is 0 Å². The highest BCUT2D eigenvalue weighted by Gasteiger charge is 2.33. The molecule has 0 atom stereocenters. The highest BCUT2D eigenvalue weighted by molar-refractivity contribution is 6.66. The quantitative estimate of drug-likeness (QED) is 0.656. The first-order chi connectivity index (χ1) is 7.96. The van der Waals surface area contributed by atoms with Crippen molar-refractivity contribution in [2.24, 2.45) is 0 Å². The molecule has 0 saturated carbocycles. The molecule has 0 amide bonds. The van der Waals surface area contributed by atoms with Crippen LogP contribution in [-0.2, 0) is 22.1 Å². The smallest absolute Gasteiger partial charge is 0.397 e. The minimum atomic E-state index is -2.43. The molecule has 0 saturated heterocycles. The first-order valence-electron chi connectivity index (χ1n) is 4.96. The fourth-order valence-corrected chi connectivity index (χ4v) is 3.00. The molecule has 5 nitrogen and oxygen atoms in total. The molecule has 0 rings (SSSR count). The lowest BCUT2D eigenvalue weighted by Crippen LogP contribution is -2.40. The Morgan fingerprint density at radius 2 is 1.35 bits per heavy atom. The molecule has 0 heterocycles. The molecule has 0 aliphatic rings. The minimum Gasteiger partial charge on any atom is -0.397 e. The largest absolute Gasteiger partial charge is 0.528 e. The van der Waals surface area contributed by atoms with Crippen LogP contribution >= 0.6 is 0 Å². The second-order valence-corrected chi connectivity index (χ2v) is 8.50. The van der Waals surface area contributed by atoms with Gasteiger partial charge in [-0.15, -0.1) is 0 Å². The Hall–Kier alpha value is -0.286. The van der Waals surface area contributed by atoms with Crippen molar-refractivity contribution in [3.63, 3.8) is 0 Å². The van der Waals surface area contributed by atoms with Gasteiger partial charge >= 0.3 is 18.1 Å². The van der Waals surface area contributed by atoms with Gasteiger partial charge in [0.15, 0.2) is 0 Å². The maximum absolute atomic E-state index is 4.98. The van der Waals surface area contributed by atoms with E-state index in [2.05, 4.69) is 13.2 Å². The number of allylic oxidation sites excluding steroid dienone is 1. The lowest BCUT2D eigenvalue weighted by molar-refractivity contribution is 0.138. The Labute approximate surface area is 107 Å². The van der Waals surface area contributed by atoms with Crippen molar-refractivity contribution in [2.75, 3.05) is 35.5 Å². The van der Waals surface area contributed by atoms with Gasteiger partial charge in [0.25, 0.3) is 0 Å². The molecule has 0 bridgehead atoms. The third-order valence-electron chi connectivity index (χ3n) is 1.93. The van der Waals surface area contributed by atoms with Gasteiger partial charge in [0.05, 0.1) is 0 Å². The van der Waals surface area contributed by atoms with E-state index in [1.54, 1.807) is 41.2 Å². The Morgan fingerprint density at radius 1 is 1.00 bits per heavy atom. The molecule has 17 heavy (non-hydrogen) atoms. The molecule has 0 fully saturated rings. The van der Waals surface area contributed by atoms with Crippen LogP contribution in [0.1, 0.15) is 6.92 Å². The molecular weight excluding hydrogens is 256 g/mol. The first kappa shape index (κ1) is 19.1. The van der Waals surface area contributed by atoms with Crippen LogP contribution in [0.25, 0.3) is 0 Å². The van der Waals surface area contributed by atoms with E-state index in [1.165, 1.54) is 0 Å². The van der Waals surface area contributed by atoms with E-state index in [0.29, 0.717) is 0 Å². The van der Waals surface area contributed by atoms with Crippen LogP contribution in [0.5, 0.6) is 0 Å². The molecule has 0 aromatic carbocycles. The van der Waals surface area contributed by atoms with Crippen LogP contribution in [-0.4, -0.2) is 53.6 Å². The Bertz CT molecular complexity index is 206. The number of rotatable bonds is 7. The van der Waals surface area contributed by atoms with Gasteiger partial charge in [-0.25, -0.2) is 0 Å². The van der Waals surface area contributed by atoms with Crippen molar-refractivity contribution in [3.8, 4) is 0 Å². The summed E-state index contributed by atoms with van der Waals surface area (Å²) in [6, 6.07) is 0. The highest BCUT2D eigenvalue weighted by atomic mass is 28.4. The van der Waals surface area contributed by atoms with Crippen LogP contribution in [0.3, 0.4) is 0 Å². The van der Waals surface area contributed by atoms with E-state index < -0.39 is 18.1 Å².